The molecule has 108 valence electrons. The molecule has 0 unspecified atom stereocenters. The first-order chi connectivity index (χ1) is 8.44. The van der Waals surface area contributed by atoms with Crippen LogP contribution in [0.5, 0.6) is 0 Å². The maximum absolute atomic E-state index is 12.0. The fourth-order valence-corrected chi connectivity index (χ4v) is 1.61. The van der Waals surface area contributed by atoms with Crippen LogP contribution in [-0.4, -0.2) is 34.5 Å². The average Bonchev–Trinajstić information content (AvgIpc) is 2.44. The van der Waals surface area contributed by atoms with Crippen molar-refractivity contribution in [3.8, 4) is 0 Å². The topological polar surface area (TPSA) is 55.8 Å². The van der Waals surface area contributed by atoms with E-state index < -0.39 is 11.2 Å². The number of rotatable bonds is 4. The van der Waals surface area contributed by atoms with Crippen molar-refractivity contribution in [1.29, 1.82) is 0 Å². The number of carbonyl (C=O) groups is 2. The zero-order chi connectivity index (χ0) is 15.0. The zero-order valence-corrected chi connectivity index (χ0v) is 12.8. The van der Waals surface area contributed by atoms with E-state index in [-0.39, 0.29) is 18.4 Å². The zero-order valence-electron chi connectivity index (χ0n) is 12.8. The molecule has 0 N–H and O–H groups in total. The number of imide groups is 1. The number of carbonyl (C=O) groups excluding carboxylic acids is 2. The monoisotopic (exact) mass is 269 g/mol. The molecule has 19 heavy (non-hydrogen) atoms. The van der Waals surface area contributed by atoms with Gasteiger partial charge in [-0.15, -0.1) is 0 Å². The van der Waals surface area contributed by atoms with Gasteiger partial charge in [0.2, 0.25) is 0 Å². The number of hydrogen-bond acceptors (Lipinski definition) is 4. The molecule has 0 aromatic carbocycles. The molecular formula is C14H23NO4. The van der Waals surface area contributed by atoms with Gasteiger partial charge in [0.25, 0.3) is 11.8 Å². The van der Waals surface area contributed by atoms with Crippen molar-refractivity contribution in [3.05, 3.63) is 11.1 Å². The van der Waals surface area contributed by atoms with Gasteiger partial charge >= 0.3 is 0 Å². The van der Waals surface area contributed by atoms with Crippen molar-refractivity contribution >= 4 is 11.8 Å². The molecule has 0 saturated carbocycles. The van der Waals surface area contributed by atoms with Gasteiger partial charge in [0.1, 0.15) is 5.60 Å². The van der Waals surface area contributed by atoms with Crippen molar-refractivity contribution in [2.45, 2.75) is 59.7 Å². The van der Waals surface area contributed by atoms with E-state index in [9.17, 15) is 9.59 Å². The fraction of sp³-hybridized carbons (Fsp3) is 0.714. The number of amides is 2. The fourth-order valence-electron chi connectivity index (χ4n) is 1.61. The summed E-state index contributed by atoms with van der Waals surface area (Å²) in [6, 6.07) is 0. The second kappa shape index (κ2) is 5.06. The first-order valence-electron chi connectivity index (χ1n) is 6.35. The van der Waals surface area contributed by atoms with Gasteiger partial charge in [-0.3, -0.25) is 14.5 Å². The smallest absolute Gasteiger partial charge is 0.256 e. The lowest BCUT2D eigenvalue weighted by Gasteiger charge is -2.31. The molecular weight excluding hydrogens is 246 g/mol. The summed E-state index contributed by atoms with van der Waals surface area (Å²) < 4.78 is 0. The summed E-state index contributed by atoms with van der Waals surface area (Å²) >= 11 is 0. The minimum atomic E-state index is -0.760. The number of hydrogen-bond donors (Lipinski definition) is 0. The third kappa shape index (κ3) is 3.88. The Bertz CT molecular complexity index is 405. The molecule has 5 heteroatoms. The first-order valence-corrected chi connectivity index (χ1v) is 6.35. The average molecular weight is 269 g/mol. The van der Waals surface area contributed by atoms with Gasteiger partial charge in [-0.05, 0) is 48.5 Å². The van der Waals surface area contributed by atoms with E-state index in [0.29, 0.717) is 11.1 Å². The Labute approximate surface area is 114 Å². The molecule has 0 spiro atoms. The predicted octanol–water partition coefficient (Wildman–Crippen LogP) is 2.22. The third-order valence-electron chi connectivity index (χ3n) is 2.75. The van der Waals surface area contributed by atoms with Crippen LogP contribution in [0, 0.1) is 0 Å². The van der Waals surface area contributed by atoms with E-state index in [2.05, 4.69) is 0 Å². The van der Waals surface area contributed by atoms with Crippen LogP contribution in [0.1, 0.15) is 48.5 Å². The Hall–Kier alpha value is -1.20. The molecule has 0 aromatic heterocycles. The van der Waals surface area contributed by atoms with Crippen LogP contribution in [0.4, 0.5) is 0 Å². The molecule has 0 fully saturated rings. The van der Waals surface area contributed by atoms with E-state index in [4.69, 9.17) is 9.78 Å². The predicted molar refractivity (Wildman–Crippen MR) is 71.1 cm³/mol. The van der Waals surface area contributed by atoms with Crippen LogP contribution in [-0.2, 0) is 19.4 Å². The second-order valence-corrected chi connectivity index (χ2v) is 6.49. The normalized spacial score (nSPS) is 17.7. The molecule has 0 aromatic rings. The molecule has 0 aliphatic carbocycles. The number of nitrogens with zero attached hydrogens (tertiary/aromatic N) is 1. The van der Waals surface area contributed by atoms with Gasteiger partial charge in [-0.2, -0.15) is 0 Å². The molecule has 1 aliphatic heterocycles. The van der Waals surface area contributed by atoms with Gasteiger partial charge in [-0.25, -0.2) is 9.78 Å². The van der Waals surface area contributed by atoms with E-state index in [1.165, 1.54) is 4.90 Å². The lowest BCUT2D eigenvalue weighted by Crippen LogP contribution is -2.45. The van der Waals surface area contributed by atoms with Crippen LogP contribution in [0.3, 0.4) is 0 Å². The molecule has 1 aliphatic rings. The van der Waals surface area contributed by atoms with Crippen LogP contribution < -0.4 is 0 Å². The minimum Gasteiger partial charge on any atom is -0.272 e. The van der Waals surface area contributed by atoms with E-state index in [0.717, 1.165) is 0 Å². The summed E-state index contributed by atoms with van der Waals surface area (Å²) in [4.78, 5) is 35.7. The minimum absolute atomic E-state index is 0.162. The molecule has 1 heterocycles. The first kappa shape index (κ1) is 15.9. The summed E-state index contributed by atoms with van der Waals surface area (Å²) in [5.74, 6) is -0.509. The largest absolute Gasteiger partial charge is 0.272 e. The van der Waals surface area contributed by atoms with Crippen molar-refractivity contribution < 1.29 is 19.4 Å². The Morgan fingerprint density at radius 3 is 1.68 bits per heavy atom. The van der Waals surface area contributed by atoms with Gasteiger partial charge < -0.3 is 0 Å². The maximum atomic E-state index is 12.0. The third-order valence-corrected chi connectivity index (χ3v) is 2.75. The van der Waals surface area contributed by atoms with Crippen molar-refractivity contribution in [2.75, 3.05) is 6.54 Å². The highest BCUT2D eigenvalue weighted by molar-refractivity contribution is 6.18. The second-order valence-electron chi connectivity index (χ2n) is 6.49. The lowest BCUT2D eigenvalue weighted by molar-refractivity contribution is -0.397. The van der Waals surface area contributed by atoms with Gasteiger partial charge in [0.15, 0.2) is 0 Å². The standard InChI is InChI=1S/C14H23NO4/c1-9-10(2)12(17)15(11(9)16)8-14(6,7)19-18-13(3,4)5/h8H2,1-7H3. The molecule has 0 radical (unpaired) electrons. The van der Waals surface area contributed by atoms with Gasteiger partial charge in [-0.1, -0.05) is 0 Å². The quantitative estimate of drug-likeness (QED) is 0.446. The van der Waals surface area contributed by atoms with Crippen molar-refractivity contribution in [3.63, 3.8) is 0 Å². The SMILES string of the molecule is CC1=C(C)C(=O)N(CC(C)(C)OOC(C)(C)C)C1=O. The van der Waals surface area contributed by atoms with E-state index >= 15 is 0 Å². The molecule has 1 rings (SSSR count). The maximum Gasteiger partial charge on any atom is 0.256 e. The van der Waals surface area contributed by atoms with Crippen LogP contribution in [0.25, 0.3) is 0 Å². The van der Waals surface area contributed by atoms with Crippen molar-refractivity contribution in [1.82, 2.24) is 4.90 Å². The molecule has 0 bridgehead atoms. The summed E-state index contributed by atoms with van der Waals surface area (Å²) in [5.41, 5.74) is -0.209. The lowest BCUT2D eigenvalue weighted by atomic mass is 10.1. The highest BCUT2D eigenvalue weighted by Gasteiger charge is 2.38. The molecule has 0 atom stereocenters. The Kier molecular flexibility index (Phi) is 4.22. The van der Waals surface area contributed by atoms with E-state index in [1.807, 2.05) is 20.8 Å². The summed E-state index contributed by atoms with van der Waals surface area (Å²) in [5, 5.41) is 0. The summed E-state index contributed by atoms with van der Waals surface area (Å²) in [6.45, 7) is 12.6. The Morgan fingerprint density at radius 1 is 0.895 bits per heavy atom. The van der Waals surface area contributed by atoms with Crippen molar-refractivity contribution in [2.24, 2.45) is 0 Å². The van der Waals surface area contributed by atoms with Crippen LogP contribution in [0.2, 0.25) is 0 Å². The summed E-state index contributed by atoms with van der Waals surface area (Å²) in [6.07, 6.45) is 0. The summed E-state index contributed by atoms with van der Waals surface area (Å²) in [7, 11) is 0. The van der Waals surface area contributed by atoms with Gasteiger partial charge in [0.05, 0.1) is 12.1 Å². The van der Waals surface area contributed by atoms with Crippen LogP contribution in [0.15, 0.2) is 11.1 Å². The van der Waals surface area contributed by atoms with E-state index in [1.54, 1.807) is 27.7 Å². The molecule has 0 saturated heterocycles. The molecule has 2 amide bonds. The highest BCUT2D eigenvalue weighted by atomic mass is 17.2. The van der Waals surface area contributed by atoms with Gasteiger partial charge in [0, 0.05) is 11.1 Å². The Balaban J connectivity index is 2.70. The Morgan fingerprint density at radius 2 is 1.32 bits per heavy atom. The highest BCUT2D eigenvalue weighted by Crippen LogP contribution is 2.24. The van der Waals surface area contributed by atoms with Crippen LogP contribution >= 0.6 is 0 Å². The molecule has 5 nitrogen and oxygen atoms in total.